The summed E-state index contributed by atoms with van der Waals surface area (Å²) in [4.78, 5) is 0. The number of benzene rings is 1. The van der Waals surface area contributed by atoms with Crippen LogP contribution in [0.15, 0.2) is 30.3 Å². The van der Waals surface area contributed by atoms with Crippen LogP contribution in [0.5, 0.6) is 0 Å². The third-order valence-electron chi connectivity index (χ3n) is 0.733. The van der Waals surface area contributed by atoms with E-state index in [4.69, 9.17) is 0 Å². The van der Waals surface area contributed by atoms with Crippen LogP contribution in [0.4, 0.5) is 4.39 Å². The van der Waals surface area contributed by atoms with Crippen molar-refractivity contribution in [3.8, 4) is 0 Å². The first-order valence-corrected chi connectivity index (χ1v) is 20.7. The Bertz CT molecular complexity index is 157. The van der Waals surface area contributed by atoms with Crippen LogP contribution >= 0.6 is 39.5 Å². The molecule has 0 aliphatic rings. The quantitative estimate of drug-likeness (QED) is 0.449. The molecule has 10 heavy (non-hydrogen) atoms. The molecule has 4 heteroatoms. The van der Waals surface area contributed by atoms with Crippen molar-refractivity contribution in [1.29, 1.82) is 0 Å². The second kappa shape index (κ2) is 8.33. The molecular weight excluding hydrogens is 410 g/mol. The van der Waals surface area contributed by atoms with Gasteiger partial charge in [-0.1, -0.05) is 18.2 Å². The van der Waals surface area contributed by atoms with Crippen LogP contribution in [0, 0.1) is 5.82 Å². The average molecular weight is 415 g/mol. The first-order valence-electron chi connectivity index (χ1n) is 2.63. The zero-order valence-corrected chi connectivity index (χ0v) is 12.5. The molecule has 0 amide bonds. The summed E-state index contributed by atoms with van der Waals surface area (Å²) in [7, 11) is 0.0650. The summed E-state index contributed by atoms with van der Waals surface area (Å²) >= 11 is 4.93. The Balaban J connectivity index is 0.000000236. The van der Waals surface area contributed by atoms with Crippen molar-refractivity contribution in [1.82, 2.24) is 0 Å². The zero-order valence-electron chi connectivity index (χ0n) is 5.23. The molecule has 0 fully saturated rings. The molecule has 1 aromatic rings. The van der Waals surface area contributed by atoms with E-state index >= 15 is 0 Å². The minimum absolute atomic E-state index is 0.0650. The maximum atomic E-state index is 11.9. The Morgan fingerprint density at radius 1 is 1.10 bits per heavy atom. The van der Waals surface area contributed by atoms with Gasteiger partial charge in [-0.3, -0.25) is 0 Å². The van der Waals surface area contributed by atoms with E-state index in [9.17, 15) is 4.39 Å². The summed E-state index contributed by atoms with van der Waals surface area (Å²) in [6.07, 6.45) is 0. The van der Waals surface area contributed by atoms with E-state index in [-0.39, 0.29) is 15.9 Å². The minimum atomic E-state index is -0.178. The van der Waals surface area contributed by atoms with Gasteiger partial charge in [0.2, 0.25) is 0 Å². The summed E-state index contributed by atoms with van der Waals surface area (Å²) < 4.78 is 11.9. The molecule has 0 radical (unpaired) electrons. The van der Waals surface area contributed by atoms with Gasteiger partial charge in [0.05, 0.1) is 0 Å². The fraction of sp³-hybridized carbons (Fsp3) is 0. The van der Waals surface area contributed by atoms with Crippen LogP contribution in [0.2, 0.25) is 0 Å². The number of hydrogen-bond acceptors (Lipinski definition) is 0. The number of hydrogen-bond donors (Lipinski definition) is 0. The Morgan fingerprint density at radius 3 is 1.70 bits per heavy atom. The standard InChI is InChI=1S/C6H5F.2HI.Zn/c7-6-4-2-1-3-5-6;;;/h1-5H;2*1H;/q;;;+2/p-2. The van der Waals surface area contributed by atoms with Crippen LogP contribution in [0.3, 0.4) is 0 Å². The molecule has 0 aliphatic carbocycles. The second-order valence-electron chi connectivity index (χ2n) is 1.40. The predicted octanol–water partition coefficient (Wildman–Crippen LogP) is 3.59. The average Bonchev–Trinajstić information content (AvgIpc) is 1.91. The van der Waals surface area contributed by atoms with E-state index in [1.165, 1.54) is 12.1 Å². The van der Waals surface area contributed by atoms with Crippen molar-refractivity contribution >= 4 is 39.5 Å². The topological polar surface area (TPSA) is 0 Å². The van der Waals surface area contributed by atoms with Crippen molar-refractivity contribution in [2.24, 2.45) is 0 Å². The summed E-state index contributed by atoms with van der Waals surface area (Å²) in [6, 6.07) is 7.94. The molecule has 1 rings (SSSR count). The van der Waals surface area contributed by atoms with E-state index < -0.39 is 0 Å². The van der Waals surface area contributed by atoms with E-state index in [0.29, 0.717) is 0 Å². The van der Waals surface area contributed by atoms with Crippen LogP contribution in [0.1, 0.15) is 0 Å². The Kier molecular flexibility index (Phi) is 9.36. The predicted molar refractivity (Wildman–Crippen MR) is 54.4 cm³/mol. The van der Waals surface area contributed by atoms with Crippen LogP contribution in [0.25, 0.3) is 0 Å². The summed E-state index contributed by atoms with van der Waals surface area (Å²) in [5.41, 5.74) is 0. The van der Waals surface area contributed by atoms with Gasteiger partial charge in [-0.2, -0.15) is 0 Å². The molecule has 0 unspecified atom stereocenters. The van der Waals surface area contributed by atoms with Gasteiger partial charge in [0, 0.05) is 0 Å². The fourth-order valence-electron chi connectivity index (χ4n) is 0.415. The molecule has 0 nitrogen and oxygen atoms in total. The Hall–Kier alpha value is 1.23. The normalized spacial score (nSPS) is 7.10. The molecule has 0 saturated carbocycles. The van der Waals surface area contributed by atoms with Gasteiger partial charge in [0.15, 0.2) is 0 Å². The van der Waals surface area contributed by atoms with Gasteiger partial charge in [-0.15, -0.1) is 0 Å². The molecular formula is C6H5FI2Zn. The Morgan fingerprint density at radius 2 is 1.50 bits per heavy atom. The second-order valence-corrected chi connectivity index (χ2v) is 24.9. The maximum absolute atomic E-state index is 11.9. The monoisotopic (exact) mass is 414 g/mol. The SMILES string of the molecule is Fc1ccccc1.[I][Zn][I]. The number of rotatable bonds is 0. The van der Waals surface area contributed by atoms with Crippen molar-refractivity contribution in [3.63, 3.8) is 0 Å². The van der Waals surface area contributed by atoms with Gasteiger partial charge < -0.3 is 0 Å². The van der Waals surface area contributed by atoms with E-state index in [2.05, 4.69) is 39.5 Å². The van der Waals surface area contributed by atoms with E-state index in [0.717, 1.165) is 0 Å². The molecule has 1 aromatic carbocycles. The summed E-state index contributed by atoms with van der Waals surface area (Å²) in [6.45, 7) is 0. The molecule has 0 aromatic heterocycles. The molecule has 0 spiro atoms. The third kappa shape index (κ3) is 7.34. The first kappa shape index (κ1) is 11.2. The molecule has 52 valence electrons. The first-order chi connectivity index (χ1) is 4.81. The molecule has 0 atom stereocenters. The molecule has 0 saturated heterocycles. The Labute approximate surface area is 88.9 Å². The van der Waals surface area contributed by atoms with Crippen molar-refractivity contribution in [2.75, 3.05) is 0 Å². The molecule has 0 heterocycles. The van der Waals surface area contributed by atoms with E-state index in [1.54, 1.807) is 18.2 Å². The van der Waals surface area contributed by atoms with Crippen molar-refractivity contribution in [2.45, 2.75) is 0 Å². The molecule has 0 aliphatic heterocycles. The van der Waals surface area contributed by atoms with Crippen LogP contribution in [-0.2, 0) is 10.1 Å². The van der Waals surface area contributed by atoms with Gasteiger partial charge in [-0.25, -0.2) is 4.39 Å². The van der Waals surface area contributed by atoms with Gasteiger partial charge in [0.25, 0.3) is 0 Å². The van der Waals surface area contributed by atoms with Crippen molar-refractivity contribution < 1.29 is 14.5 Å². The zero-order chi connectivity index (χ0) is 7.82. The van der Waals surface area contributed by atoms with Crippen molar-refractivity contribution in [3.05, 3.63) is 36.1 Å². The van der Waals surface area contributed by atoms with Crippen LogP contribution < -0.4 is 0 Å². The van der Waals surface area contributed by atoms with E-state index in [1.807, 2.05) is 0 Å². The van der Waals surface area contributed by atoms with Gasteiger partial charge in [-0.05, 0) is 12.1 Å². The molecule has 0 bridgehead atoms. The number of halogens is 3. The van der Waals surface area contributed by atoms with Gasteiger partial charge in [0.1, 0.15) is 5.82 Å². The fourth-order valence-corrected chi connectivity index (χ4v) is 0.415. The summed E-state index contributed by atoms with van der Waals surface area (Å²) in [5.74, 6) is -0.178. The van der Waals surface area contributed by atoms with Gasteiger partial charge >= 0.3 is 49.6 Å². The molecule has 0 N–H and O–H groups in total. The third-order valence-corrected chi connectivity index (χ3v) is 0.733. The summed E-state index contributed by atoms with van der Waals surface area (Å²) in [5, 5.41) is 0. The van der Waals surface area contributed by atoms with Crippen LogP contribution in [-0.4, -0.2) is 0 Å².